The van der Waals surface area contributed by atoms with Crippen LogP contribution < -0.4 is 0 Å². The van der Waals surface area contributed by atoms with E-state index in [1.807, 2.05) is 69.7 Å². The van der Waals surface area contributed by atoms with Crippen LogP contribution in [0.3, 0.4) is 0 Å². The van der Waals surface area contributed by atoms with Crippen LogP contribution in [0.1, 0.15) is 41.5 Å². The Morgan fingerprint density at radius 2 is 1.05 bits per heavy atom. The molecule has 6 nitrogen and oxygen atoms in total. The molecule has 0 aromatic rings. The fourth-order valence-corrected chi connectivity index (χ4v) is 2.66. The minimum atomic E-state index is -2.08. The van der Waals surface area contributed by atoms with E-state index in [0.29, 0.717) is 11.8 Å². The fraction of sp³-hybridized carbons (Fsp3) is 0.857. The Morgan fingerprint density at radius 3 is 1.23 bits per heavy atom. The highest BCUT2D eigenvalue weighted by molar-refractivity contribution is 7.00. The summed E-state index contributed by atoms with van der Waals surface area (Å²) in [5.41, 5.74) is -0.530. The molecule has 0 aromatic carbocycles. The van der Waals surface area contributed by atoms with Crippen molar-refractivity contribution in [3.05, 3.63) is 0 Å². The quantitative estimate of drug-likeness (QED) is 0.257. The molecule has 0 aliphatic rings. The molecule has 8 heteroatoms. The maximum Gasteiger partial charge on any atom is 0.915 e. The van der Waals surface area contributed by atoms with Gasteiger partial charge < -0.3 is 0 Å². The lowest BCUT2D eigenvalue weighted by Crippen LogP contribution is -2.36. The number of hydrogen-bond donors (Lipinski definition) is 0. The third kappa shape index (κ3) is 8.48. The van der Waals surface area contributed by atoms with E-state index in [1.54, 1.807) is 10.0 Å². The van der Waals surface area contributed by atoms with E-state index < -0.39 is 8.59 Å². The molecule has 0 saturated carbocycles. The summed E-state index contributed by atoms with van der Waals surface area (Å²) in [6.45, 7) is 12.1. The second-order valence-electron chi connectivity index (χ2n) is 7.45. The lowest BCUT2D eigenvalue weighted by Gasteiger charge is -2.21. The molecule has 0 bridgehead atoms. The molecule has 0 unspecified atom stereocenters. The van der Waals surface area contributed by atoms with Crippen molar-refractivity contribution in [1.82, 2.24) is 10.0 Å². The molecule has 128 valence electrons. The van der Waals surface area contributed by atoms with Crippen LogP contribution in [0.25, 0.3) is 0 Å². The van der Waals surface area contributed by atoms with E-state index in [1.165, 1.54) is 0 Å². The maximum absolute atomic E-state index is 6.31. The van der Waals surface area contributed by atoms with E-state index in [4.69, 9.17) is 19.9 Å². The van der Waals surface area contributed by atoms with Crippen LogP contribution in [0.2, 0.25) is 0 Å². The summed E-state index contributed by atoms with van der Waals surface area (Å²) in [4.78, 5) is 0. The molecule has 0 heterocycles. The smallest absolute Gasteiger partial charge is 0.300 e. The van der Waals surface area contributed by atoms with Gasteiger partial charge >= 0.3 is 8.59 Å². The van der Waals surface area contributed by atoms with Crippen molar-refractivity contribution in [2.75, 3.05) is 28.2 Å². The van der Waals surface area contributed by atoms with Gasteiger partial charge in [0.25, 0.3) is 11.8 Å². The molecule has 0 aliphatic carbocycles. The lowest BCUT2D eigenvalue weighted by atomic mass is 9.97. The number of rotatable bonds is 4. The third-order valence-electron chi connectivity index (χ3n) is 2.22. The first-order chi connectivity index (χ1) is 9.73. The van der Waals surface area contributed by atoms with Crippen molar-refractivity contribution >= 4 is 31.5 Å². The second kappa shape index (κ2) is 8.06. The molecular formula is C14H30ClN4O2Si+. The second-order valence-corrected chi connectivity index (χ2v) is 9.26. The molecule has 0 fully saturated rings. The minimum Gasteiger partial charge on any atom is -0.300 e. The molecule has 0 aliphatic heterocycles. The Morgan fingerprint density at radius 1 is 0.773 bits per heavy atom. The van der Waals surface area contributed by atoms with Crippen LogP contribution in [0.4, 0.5) is 0 Å². The molecule has 0 N–H and O–H groups in total. The predicted octanol–water partition coefficient (Wildman–Crippen LogP) is 3.09. The zero-order valence-electron chi connectivity index (χ0n) is 15.5. The topological polar surface area (TPSA) is 49.7 Å². The molecule has 22 heavy (non-hydrogen) atoms. The van der Waals surface area contributed by atoms with Gasteiger partial charge in [0.15, 0.2) is 11.1 Å². The van der Waals surface area contributed by atoms with Gasteiger partial charge in [0, 0.05) is 39.0 Å². The van der Waals surface area contributed by atoms with Gasteiger partial charge in [0.2, 0.25) is 0 Å². The van der Waals surface area contributed by atoms with Crippen LogP contribution in [0, 0.1) is 10.8 Å². The van der Waals surface area contributed by atoms with Gasteiger partial charge in [-0.3, -0.25) is 18.9 Å². The molecule has 0 aromatic heterocycles. The van der Waals surface area contributed by atoms with E-state index in [2.05, 4.69) is 10.2 Å². The van der Waals surface area contributed by atoms with Crippen molar-refractivity contribution in [1.29, 1.82) is 0 Å². The van der Waals surface area contributed by atoms with Crippen LogP contribution in [-0.2, 0) is 8.85 Å². The Labute approximate surface area is 141 Å². The van der Waals surface area contributed by atoms with Crippen molar-refractivity contribution in [2.24, 2.45) is 21.0 Å². The van der Waals surface area contributed by atoms with Gasteiger partial charge in [-0.05, 0) is 0 Å². The first-order valence-corrected chi connectivity index (χ1v) is 9.47. The average Bonchev–Trinajstić information content (AvgIpc) is 2.23. The third-order valence-corrected chi connectivity index (χ3v) is 3.39. The Kier molecular flexibility index (Phi) is 7.71. The van der Waals surface area contributed by atoms with Gasteiger partial charge in [0.1, 0.15) is 0 Å². The van der Waals surface area contributed by atoms with Gasteiger partial charge in [-0.1, -0.05) is 41.5 Å². The minimum absolute atomic E-state index is 0.265. The molecular weight excluding hydrogens is 320 g/mol. The van der Waals surface area contributed by atoms with E-state index in [-0.39, 0.29) is 10.8 Å². The maximum atomic E-state index is 6.31. The monoisotopic (exact) mass is 349 g/mol. The summed E-state index contributed by atoms with van der Waals surface area (Å²) >= 11 is 6.31. The van der Waals surface area contributed by atoms with Crippen molar-refractivity contribution in [3.8, 4) is 0 Å². The summed E-state index contributed by atoms with van der Waals surface area (Å²) in [5, 5.41) is 12.1. The van der Waals surface area contributed by atoms with Crippen LogP contribution in [0.15, 0.2) is 10.2 Å². The zero-order valence-corrected chi connectivity index (χ0v) is 17.2. The average molecular weight is 350 g/mol. The molecule has 0 rings (SSSR count). The van der Waals surface area contributed by atoms with Crippen molar-refractivity contribution in [3.63, 3.8) is 0 Å². The first kappa shape index (κ1) is 21.0. The van der Waals surface area contributed by atoms with Crippen molar-refractivity contribution < 1.29 is 8.85 Å². The summed E-state index contributed by atoms with van der Waals surface area (Å²) in [7, 11) is 5.27. The van der Waals surface area contributed by atoms with Gasteiger partial charge in [-0.25, -0.2) is 0 Å². The largest absolute Gasteiger partial charge is 0.915 e. The highest BCUT2D eigenvalue weighted by Crippen LogP contribution is 2.22. The number of nitrogens with zero attached hydrogens (tertiary/aromatic N) is 4. The Hall–Kier alpha value is -0.953. The molecule has 0 spiro atoms. The molecule has 0 amide bonds. The zero-order chi connectivity index (χ0) is 17.7. The van der Waals surface area contributed by atoms with Gasteiger partial charge in [-0.2, -0.15) is 0 Å². The first-order valence-electron chi connectivity index (χ1n) is 7.14. The Bertz CT molecular complexity index is 374. The van der Waals surface area contributed by atoms with Gasteiger partial charge in [0.05, 0.1) is 0 Å². The van der Waals surface area contributed by atoms with Crippen LogP contribution in [0.5, 0.6) is 0 Å². The number of hydrogen-bond acceptors (Lipinski definition) is 6. The van der Waals surface area contributed by atoms with Crippen molar-refractivity contribution in [2.45, 2.75) is 41.5 Å². The number of halogens is 1. The van der Waals surface area contributed by atoms with E-state index in [9.17, 15) is 0 Å². The normalized spacial score (nSPS) is 13.8. The summed E-state index contributed by atoms with van der Waals surface area (Å²) in [5.74, 6) is 1.08. The molecule has 0 radical (unpaired) electrons. The standard InChI is InChI=1S/C14H30ClN4O2Si/c1-13(2,3)11(16-18(7)8)20-22(15)21-12(14(4,5)6)17-19(9)10/h1-10H3/q+1/b16-11+,17-12+. The molecule has 0 atom stereocenters. The summed E-state index contributed by atoms with van der Waals surface area (Å²) in [6, 6.07) is 0. The highest BCUT2D eigenvalue weighted by atomic mass is 35.6. The number of hydrazone groups is 2. The highest BCUT2D eigenvalue weighted by Gasteiger charge is 2.45. The summed E-state index contributed by atoms with van der Waals surface area (Å²) < 4.78 is 11.6. The summed E-state index contributed by atoms with van der Waals surface area (Å²) in [6.07, 6.45) is 0. The predicted molar refractivity (Wildman–Crippen MR) is 94.9 cm³/mol. The lowest BCUT2D eigenvalue weighted by molar-refractivity contribution is 0.320. The van der Waals surface area contributed by atoms with Gasteiger partial charge in [-0.15, -0.1) is 10.2 Å². The SMILES string of the molecule is CN(C)/N=C(/O[Si+](Cl)O/C(=N/N(C)C)C(C)(C)C)C(C)(C)C. The van der Waals surface area contributed by atoms with Crippen LogP contribution in [-0.4, -0.2) is 58.6 Å². The van der Waals surface area contributed by atoms with Crippen LogP contribution >= 0.6 is 11.1 Å². The Balaban J connectivity index is 5.14. The van der Waals surface area contributed by atoms with E-state index in [0.717, 1.165) is 0 Å². The van der Waals surface area contributed by atoms with E-state index >= 15 is 0 Å². The fourth-order valence-electron chi connectivity index (χ4n) is 1.18. The molecule has 0 saturated heterocycles.